The minimum atomic E-state index is -1.02. The zero-order chi connectivity index (χ0) is 24.2. The highest BCUT2D eigenvalue weighted by molar-refractivity contribution is 5.86. The van der Waals surface area contributed by atoms with E-state index in [1.807, 2.05) is 30.3 Å². The molecule has 1 unspecified atom stereocenters. The van der Waals surface area contributed by atoms with Crippen LogP contribution in [0.4, 0.5) is 0 Å². The Morgan fingerprint density at radius 2 is 1.58 bits per heavy atom. The van der Waals surface area contributed by atoms with Crippen LogP contribution in [0, 0.1) is 0 Å². The fraction of sp³-hybridized carbons (Fsp3) is 0.258. The first-order valence-electron chi connectivity index (χ1n) is 12.4. The van der Waals surface area contributed by atoms with Gasteiger partial charge in [-0.05, 0) is 66.1 Å². The van der Waals surface area contributed by atoms with Crippen LogP contribution in [0.2, 0.25) is 0 Å². The van der Waals surface area contributed by atoms with E-state index in [0.717, 1.165) is 19.3 Å². The second-order valence-electron chi connectivity index (χ2n) is 9.48. The first kappa shape index (κ1) is 25.7. The largest absolute Gasteiger partial charge is 0.478 e. The molecule has 5 rings (SSSR count). The quantitative estimate of drug-likeness (QED) is 0.263. The molecular formula is C31H32ClNO3. The maximum absolute atomic E-state index is 11.7. The molecule has 1 fully saturated rings. The van der Waals surface area contributed by atoms with Crippen molar-refractivity contribution in [3.05, 3.63) is 114 Å². The van der Waals surface area contributed by atoms with Crippen LogP contribution in [0.1, 0.15) is 60.9 Å². The molecule has 4 atom stereocenters. The lowest BCUT2D eigenvalue weighted by molar-refractivity contribution is -0.145. The number of hydrogen-bond acceptors (Lipinski definition) is 3. The van der Waals surface area contributed by atoms with Gasteiger partial charge in [-0.2, -0.15) is 0 Å². The molecule has 0 aliphatic heterocycles. The summed E-state index contributed by atoms with van der Waals surface area (Å²) >= 11 is 0. The Kier molecular flexibility index (Phi) is 8.29. The Bertz CT molecular complexity index is 1290. The van der Waals surface area contributed by atoms with Crippen molar-refractivity contribution >= 4 is 29.1 Å². The summed E-state index contributed by atoms with van der Waals surface area (Å²) < 4.78 is 5.83. The molecule has 0 saturated heterocycles. The summed E-state index contributed by atoms with van der Waals surface area (Å²) in [4.78, 5) is 11.7. The second kappa shape index (κ2) is 11.6. The standard InChI is InChI=1S/C31H31NO3.ClH/c1-21(28-13-7-11-23-8-5-6-12-29(23)28)32-26-17-14-25(20-26)22-15-18-27(19-16-22)35-30(31(33)34)24-9-3-2-4-10-24;/h2-13,15-16,18-19,21,25-26,30,32H,14,17,20H2,1H3,(H,33,34);1H/t21-,25-,26+,30?;/m1./s1. The maximum atomic E-state index is 11.7. The summed E-state index contributed by atoms with van der Waals surface area (Å²) in [6.45, 7) is 2.26. The predicted molar refractivity (Wildman–Crippen MR) is 147 cm³/mol. The summed E-state index contributed by atoms with van der Waals surface area (Å²) in [5.41, 5.74) is 3.26. The van der Waals surface area contributed by atoms with Crippen LogP contribution in [0.3, 0.4) is 0 Å². The highest BCUT2D eigenvalue weighted by atomic mass is 35.5. The third-order valence-electron chi connectivity index (χ3n) is 7.14. The van der Waals surface area contributed by atoms with Gasteiger partial charge < -0.3 is 15.2 Å². The summed E-state index contributed by atoms with van der Waals surface area (Å²) in [6.07, 6.45) is 2.36. The van der Waals surface area contributed by atoms with Crippen LogP contribution in [-0.2, 0) is 4.79 Å². The van der Waals surface area contributed by atoms with Gasteiger partial charge in [0.05, 0.1) is 0 Å². The number of fused-ring (bicyclic) bond motifs is 1. The average molecular weight is 502 g/mol. The Labute approximate surface area is 218 Å². The molecule has 5 heteroatoms. The Balaban J connectivity index is 0.00000304. The van der Waals surface area contributed by atoms with E-state index >= 15 is 0 Å². The molecular weight excluding hydrogens is 470 g/mol. The third kappa shape index (κ3) is 5.72. The molecule has 0 radical (unpaired) electrons. The number of rotatable bonds is 8. The molecule has 1 saturated carbocycles. The number of benzene rings is 4. The van der Waals surface area contributed by atoms with Crippen molar-refractivity contribution in [3.63, 3.8) is 0 Å². The van der Waals surface area contributed by atoms with Gasteiger partial charge in [0.1, 0.15) is 5.75 Å². The van der Waals surface area contributed by atoms with Gasteiger partial charge >= 0.3 is 5.97 Å². The van der Waals surface area contributed by atoms with Gasteiger partial charge in [0.2, 0.25) is 6.10 Å². The van der Waals surface area contributed by atoms with E-state index in [-0.39, 0.29) is 18.4 Å². The van der Waals surface area contributed by atoms with Crippen LogP contribution < -0.4 is 10.1 Å². The van der Waals surface area contributed by atoms with Crippen LogP contribution >= 0.6 is 12.4 Å². The van der Waals surface area contributed by atoms with Crippen molar-refractivity contribution in [2.45, 2.75) is 50.3 Å². The lowest BCUT2D eigenvalue weighted by Gasteiger charge is -2.22. The minimum Gasteiger partial charge on any atom is -0.478 e. The Morgan fingerprint density at radius 1 is 0.889 bits per heavy atom. The van der Waals surface area contributed by atoms with Crippen LogP contribution in [0.15, 0.2) is 97.1 Å². The molecule has 4 aromatic carbocycles. The second-order valence-corrected chi connectivity index (χ2v) is 9.48. The first-order valence-corrected chi connectivity index (χ1v) is 12.4. The monoisotopic (exact) mass is 501 g/mol. The Hall–Kier alpha value is -3.34. The van der Waals surface area contributed by atoms with E-state index in [1.54, 1.807) is 12.1 Å². The van der Waals surface area contributed by atoms with E-state index in [2.05, 4.69) is 66.8 Å². The van der Waals surface area contributed by atoms with Crippen molar-refractivity contribution in [2.24, 2.45) is 0 Å². The van der Waals surface area contributed by atoms with Crippen LogP contribution in [-0.4, -0.2) is 17.1 Å². The highest BCUT2D eigenvalue weighted by Gasteiger charge is 2.28. The van der Waals surface area contributed by atoms with Crippen molar-refractivity contribution < 1.29 is 14.6 Å². The summed E-state index contributed by atoms with van der Waals surface area (Å²) in [6, 6.07) is 32.9. The van der Waals surface area contributed by atoms with Crippen LogP contribution in [0.25, 0.3) is 10.8 Å². The smallest absolute Gasteiger partial charge is 0.349 e. The molecule has 0 heterocycles. The zero-order valence-corrected chi connectivity index (χ0v) is 21.2. The first-order chi connectivity index (χ1) is 17.1. The van der Waals surface area contributed by atoms with E-state index in [9.17, 15) is 9.90 Å². The van der Waals surface area contributed by atoms with Gasteiger partial charge in [-0.1, -0.05) is 84.9 Å². The molecule has 1 aliphatic rings. The number of nitrogens with one attached hydrogen (secondary N) is 1. The average Bonchev–Trinajstić information content (AvgIpc) is 3.36. The minimum absolute atomic E-state index is 0. The number of carboxylic acid groups (broad SMARTS) is 1. The van der Waals surface area contributed by atoms with Crippen molar-refractivity contribution in [3.8, 4) is 5.75 Å². The molecule has 1 aliphatic carbocycles. The molecule has 4 nitrogen and oxygen atoms in total. The molecule has 0 amide bonds. The lowest BCUT2D eigenvalue weighted by atomic mass is 9.96. The summed E-state index contributed by atoms with van der Waals surface area (Å²) in [7, 11) is 0. The van der Waals surface area contributed by atoms with E-state index in [0.29, 0.717) is 23.3 Å². The highest BCUT2D eigenvalue weighted by Crippen LogP contribution is 2.37. The number of hydrogen-bond donors (Lipinski definition) is 2. The third-order valence-corrected chi connectivity index (χ3v) is 7.14. The number of carbonyl (C=O) groups is 1. The number of carboxylic acids is 1. The van der Waals surface area contributed by atoms with Crippen molar-refractivity contribution in [1.29, 1.82) is 0 Å². The van der Waals surface area contributed by atoms with E-state index < -0.39 is 12.1 Å². The molecule has 4 aromatic rings. The lowest BCUT2D eigenvalue weighted by Crippen LogP contribution is -2.29. The molecule has 0 spiro atoms. The number of aliphatic carboxylic acids is 1. The fourth-order valence-corrected chi connectivity index (χ4v) is 5.35. The molecule has 36 heavy (non-hydrogen) atoms. The summed E-state index contributed by atoms with van der Waals surface area (Å²) in [5.74, 6) is 0.0678. The zero-order valence-electron chi connectivity index (χ0n) is 20.3. The SMILES string of the molecule is C[C@@H](N[C@H]1CC[C@@H](c2ccc(OC(C(=O)O)c3ccccc3)cc2)C1)c1cccc2ccccc12.Cl. The van der Waals surface area contributed by atoms with Crippen molar-refractivity contribution in [1.82, 2.24) is 5.32 Å². The van der Waals surface area contributed by atoms with E-state index in [1.165, 1.54) is 21.9 Å². The van der Waals surface area contributed by atoms with Gasteiger partial charge in [0.25, 0.3) is 0 Å². The topological polar surface area (TPSA) is 58.6 Å². The van der Waals surface area contributed by atoms with Gasteiger partial charge in [-0.15, -0.1) is 12.4 Å². The van der Waals surface area contributed by atoms with Gasteiger partial charge in [0.15, 0.2) is 0 Å². The maximum Gasteiger partial charge on any atom is 0.349 e. The normalized spacial score (nSPS) is 18.8. The van der Waals surface area contributed by atoms with Gasteiger partial charge in [-0.3, -0.25) is 0 Å². The summed E-state index contributed by atoms with van der Waals surface area (Å²) in [5, 5.41) is 16.1. The predicted octanol–water partition coefficient (Wildman–Crippen LogP) is 7.45. The molecule has 0 bridgehead atoms. The van der Waals surface area contributed by atoms with E-state index in [4.69, 9.17) is 4.74 Å². The van der Waals surface area contributed by atoms with Gasteiger partial charge in [0, 0.05) is 17.6 Å². The number of ether oxygens (including phenoxy) is 1. The Morgan fingerprint density at radius 3 is 2.33 bits per heavy atom. The van der Waals surface area contributed by atoms with Crippen molar-refractivity contribution in [2.75, 3.05) is 0 Å². The molecule has 186 valence electrons. The van der Waals surface area contributed by atoms with Gasteiger partial charge in [-0.25, -0.2) is 4.79 Å². The van der Waals surface area contributed by atoms with Crippen LogP contribution in [0.5, 0.6) is 5.75 Å². The molecule has 0 aromatic heterocycles. The number of halogens is 1. The fourth-order valence-electron chi connectivity index (χ4n) is 5.35. The molecule has 2 N–H and O–H groups in total.